The van der Waals surface area contributed by atoms with Gasteiger partial charge in [-0.05, 0) is 42.9 Å². The van der Waals surface area contributed by atoms with Gasteiger partial charge in [0, 0.05) is 12.1 Å². The SMILES string of the molecule is COC(=O)[C@@]12CCCCC=C1N(Cc1ccc(-c3ccccc3)cc1)C(=O)[C@H]2CC(C)=O. The van der Waals surface area contributed by atoms with E-state index >= 15 is 0 Å². The molecule has 0 N–H and O–H groups in total. The molecule has 2 aromatic carbocycles. The summed E-state index contributed by atoms with van der Waals surface area (Å²) < 4.78 is 5.20. The average molecular weight is 432 g/mol. The fraction of sp³-hybridized carbons (Fsp3) is 0.370. The monoisotopic (exact) mass is 431 g/mol. The number of hydrogen-bond donors (Lipinski definition) is 0. The highest BCUT2D eigenvalue weighted by Crippen LogP contribution is 2.53. The molecule has 5 nitrogen and oxygen atoms in total. The highest BCUT2D eigenvalue weighted by atomic mass is 16.5. The minimum Gasteiger partial charge on any atom is -0.468 e. The molecular formula is C27H29NO4. The summed E-state index contributed by atoms with van der Waals surface area (Å²) >= 11 is 0. The van der Waals surface area contributed by atoms with E-state index < -0.39 is 17.3 Å². The number of amides is 1. The highest BCUT2D eigenvalue weighted by molar-refractivity contribution is 5.98. The van der Waals surface area contributed by atoms with Gasteiger partial charge in [0.2, 0.25) is 5.91 Å². The molecular weight excluding hydrogens is 402 g/mol. The van der Waals surface area contributed by atoms with Crippen LogP contribution in [0.5, 0.6) is 0 Å². The lowest BCUT2D eigenvalue weighted by molar-refractivity contribution is -0.155. The van der Waals surface area contributed by atoms with Gasteiger partial charge in [-0.3, -0.25) is 9.59 Å². The third-order valence-electron chi connectivity index (χ3n) is 6.71. The number of hydrogen-bond acceptors (Lipinski definition) is 4. The number of carbonyl (C=O) groups excluding carboxylic acids is 3. The van der Waals surface area contributed by atoms with E-state index in [1.807, 2.05) is 48.5 Å². The number of nitrogens with zero attached hydrogens (tertiary/aromatic N) is 1. The van der Waals surface area contributed by atoms with Gasteiger partial charge in [-0.1, -0.05) is 67.1 Å². The van der Waals surface area contributed by atoms with Gasteiger partial charge in [-0.15, -0.1) is 0 Å². The minimum absolute atomic E-state index is 0.0503. The average Bonchev–Trinajstić information content (AvgIpc) is 2.95. The minimum atomic E-state index is -1.07. The molecule has 2 aromatic rings. The molecule has 32 heavy (non-hydrogen) atoms. The zero-order chi connectivity index (χ0) is 22.7. The summed E-state index contributed by atoms with van der Waals surface area (Å²) in [4.78, 5) is 40.4. The maximum atomic E-state index is 13.6. The summed E-state index contributed by atoms with van der Waals surface area (Å²) in [5.74, 6) is -1.37. The number of likely N-dealkylation sites (tertiary alicyclic amines) is 1. The van der Waals surface area contributed by atoms with Crippen molar-refractivity contribution in [2.24, 2.45) is 11.3 Å². The predicted octanol–water partition coefficient (Wildman–Crippen LogP) is 4.91. The van der Waals surface area contributed by atoms with Crippen molar-refractivity contribution in [3.8, 4) is 11.1 Å². The Labute approximate surface area is 189 Å². The fourth-order valence-corrected chi connectivity index (χ4v) is 5.18. The number of rotatable bonds is 6. The van der Waals surface area contributed by atoms with Gasteiger partial charge in [0.1, 0.15) is 11.2 Å². The first-order chi connectivity index (χ1) is 15.5. The molecule has 1 heterocycles. The quantitative estimate of drug-likeness (QED) is 0.610. The van der Waals surface area contributed by atoms with Crippen LogP contribution in [0.4, 0.5) is 0 Å². The van der Waals surface area contributed by atoms with Crippen molar-refractivity contribution in [3.05, 3.63) is 71.9 Å². The van der Waals surface area contributed by atoms with Crippen molar-refractivity contribution in [2.45, 2.75) is 45.6 Å². The van der Waals surface area contributed by atoms with Crippen LogP contribution in [0, 0.1) is 11.3 Å². The lowest BCUT2D eigenvalue weighted by Gasteiger charge is -2.31. The van der Waals surface area contributed by atoms with Crippen molar-refractivity contribution in [2.75, 3.05) is 7.11 Å². The molecule has 0 bridgehead atoms. The molecule has 5 heteroatoms. The number of fused-ring (bicyclic) bond motifs is 1. The fourth-order valence-electron chi connectivity index (χ4n) is 5.18. The van der Waals surface area contributed by atoms with E-state index in [2.05, 4.69) is 12.1 Å². The summed E-state index contributed by atoms with van der Waals surface area (Å²) in [6, 6.07) is 18.3. The largest absolute Gasteiger partial charge is 0.468 e. The number of ketones is 1. The van der Waals surface area contributed by atoms with Gasteiger partial charge in [0.05, 0.1) is 19.6 Å². The van der Waals surface area contributed by atoms with Crippen molar-refractivity contribution in [1.82, 2.24) is 4.90 Å². The summed E-state index contributed by atoms with van der Waals surface area (Å²) in [5.41, 5.74) is 2.86. The number of ether oxygens (including phenoxy) is 1. The molecule has 2 aliphatic rings. The lowest BCUT2D eigenvalue weighted by Crippen LogP contribution is -2.39. The first-order valence-corrected chi connectivity index (χ1v) is 11.2. The highest BCUT2D eigenvalue weighted by Gasteiger charge is 2.61. The normalized spacial score (nSPS) is 22.7. The zero-order valence-electron chi connectivity index (χ0n) is 18.7. The van der Waals surface area contributed by atoms with Crippen LogP contribution in [-0.2, 0) is 25.7 Å². The molecule has 0 spiro atoms. The molecule has 0 radical (unpaired) electrons. The topological polar surface area (TPSA) is 63.7 Å². The Morgan fingerprint density at radius 3 is 2.38 bits per heavy atom. The molecule has 0 saturated carbocycles. The van der Waals surface area contributed by atoms with Crippen molar-refractivity contribution >= 4 is 17.7 Å². The summed E-state index contributed by atoms with van der Waals surface area (Å²) in [5, 5.41) is 0. The Kier molecular flexibility index (Phi) is 6.26. The smallest absolute Gasteiger partial charge is 0.318 e. The molecule has 4 rings (SSSR count). The molecule has 1 saturated heterocycles. The maximum absolute atomic E-state index is 13.6. The Bertz CT molecular complexity index is 1040. The third-order valence-corrected chi connectivity index (χ3v) is 6.71. The zero-order valence-corrected chi connectivity index (χ0v) is 18.7. The van der Waals surface area contributed by atoms with Gasteiger partial charge >= 0.3 is 5.97 Å². The molecule has 1 aliphatic carbocycles. The molecule has 1 fully saturated rings. The standard InChI is InChI=1S/C27H29NO4/c1-19(29)17-23-25(30)28(24-11-7-4-8-16-27(23,24)26(31)32-2)18-20-12-14-22(15-13-20)21-9-5-3-6-10-21/h3,5-6,9-15,23H,4,7-8,16-18H2,1-2H3/t23-,27-/m1/s1. The van der Waals surface area contributed by atoms with Crippen LogP contribution in [0.2, 0.25) is 0 Å². The number of allylic oxidation sites excluding steroid dienone is 1. The van der Waals surface area contributed by atoms with Crippen LogP contribution >= 0.6 is 0 Å². The van der Waals surface area contributed by atoms with E-state index in [1.165, 1.54) is 14.0 Å². The predicted molar refractivity (Wildman–Crippen MR) is 122 cm³/mol. The van der Waals surface area contributed by atoms with Crippen LogP contribution in [-0.4, -0.2) is 29.7 Å². The number of methoxy groups -OCH3 is 1. The third kappa shape index (κ3) is 3.88. The second-order valence-corrected chi connectivity index (χ2v) is 8.74. The van der Waals surface area contributed by atoms with Crippen LogP contribution in [0.15, 0.2) is 66.4 Å². The van der Waals surface area contributed by atoms with Crippen LogP contribution < -0.4 is 0 Å². The molecule has 166 valence electrons. The van der Waals surface area contributed by atoms with Crippen molar-refractivity contribution < 1.29 is 19.1 Å². The van der Waals surface area contributed by atoms with E-state index in [4.69, 9.17) is 4.74 Å². The lowest BCUT2D eigenvalue weighted by atomic mass is 9.70. The first kappa shape index (κ1) is 22.0. The van der Waals surface area contributed by atoms with Crippen LogP contribution in [0.3, 0.4) is 0 Å². The number of Topliss-reactive ketones (excluding diaryl/α,β-unsaturated/α-hetero) is 1. The Balaban J connectivity index is 1.69. The summed E-state index contributed by atoms with van der Waals surface area (Å²) in [6.45, 7) is 1.84. The number of carbonyl (C=O) groups is 3. The van der Waals surface area contributed by atoms with E-state index in [-0.39, 0.29) is 18.1 Å². The Morgan fingerprint density at radius 1 is 1.03 bits per heavy atom. The molecule has 1 amide bonds. The van der Waals surface area contributed by atoms with Gasteiger partial charge in [-0.25, -0.2) is 0 Å². The number of benzene rings is 2. The Morgan fingerprint density at radius 2 is 1.72 bits per heavy atom. The van der Waals surface area contributed by atoms with E-state index in [1.54, 1.807) is 4.90 Å². The van der Waals surface area contributed by atoms with Crippen LogP contribution in [0.25, 0.3) is 11.1 Å². The second-order valence-electron chi connectivity index (χ2n) is 8.74. The molecule has 0 unspecified atom stereocenters. The van der Waals surface area contributed by atoms with E-state index in [9.17, 15) is 14.4 Å². The van der Waals surface area contributed by atoms with Gasteiger partial charge in [-0.2, -0.15) is 0 Å². The van der Waals surface area contributed by atoms with Crippen molar-refractivity contribution in [1.29, 1.82) is 0 Å². The van der Waals surface area contributed by atoms with Crippen molar-refractivity contribution in [3.63, 3.8) is 0 Å². The van der Waals surface area contributed by atoms with Gasteiger partial charge in [0.25, 0.3) is 0 Å². The maximum Gasteiger partial charge on any atom is 0.318 e. The van der Waals surface area contributed by atoms with Crippen LogP contribution in [0.1, 0.15) is 44.6 Å². The van der Waals surface area contributed by atoms with E-state index in [0.29, 0.717) is 18.7 Å². The van der Waals surface area contributed by atoms with E-state index in [0.717, 1.165) is 36.0 Å². The molecule has 1 aliphatic heterocycles. The van der Waals surface area contributed by atoms with Gasteiger partial charge < -0.3 is 14.4 Å². The van der Waals surface area contributed by atoms with Gasteiger partial charge in [0.15, 0.2) is 0 Å². The Hall–Kier alpha value is -3.21. The first-order valence-electron chi connectivity index (χ1n) is 11.2. The summed E-state index contributed by atoms with van der Waals surface area (Å²) in [7, 11) is 1.36. The number of esters is 1. The molecule has 2 atom stereocenters. The molecule has 0 aromatic heterocycles. The second kappa shape index (κ2) is 9.11. The summed E-state index contributed by atoms with van der Waals surface area (Å²) in [6.07, 6.45) is 5.16.